The van der Waals surface area contributed by atoms with E-state index < -0.39 is 50.5 Å². The molecule has 0 spiro atoms. The molecular formula is C13H25NO9S2. The van der Waals surface area contributed by atoms with Gasteiger partial charge in [-0.3, -0.25) is 4.18 Å². The van der Waals surface area contributed by atoms with Gasteiger partial charge in [-0.1, -0.05) is 0 Å². The van der Waals surface area contributed by atoms with Crippen LogP contribution in [0.2, 0.25) is 0 Å². The van der Waals surface area contributed by atoms with Gasteiger partial charge in [0.05, 0.1) is 19.1 Å². The highest BCUT2D eigenvalue weighted by Gasteiger charge is 2.56. The molecule has 2 aliphatic heterocycles. The van der Waals surface area contributed by atoms with Gasteiger partial charge < -0.3 is 18.9 Å². The summed E-state index contributed by atoms with van der Waals surface area (Å²) in [5, 5.41) is 0. The number of nitrogens with zero attached hydrogens (tertiary/aromatic N) is 1. The van der Waals surface area contributed by atoms with Gasteiger partial charge in [0.25, 0.3) is 10.1 Å². The van der Waals surface area contributed by atoms with Crippen molar-refractivity contribution in [2.45, 2.75) is 44.2 Å². The molecule has 2 aliphatic rings. The zero-order valence-corrected chi connectivity index (χ0v) is 16.5. The van der Waals surface area contributed by atoms with E-state index in [1.54, 1.807) is 13.8 Å². The summed E-state index contributed by atoms with van der Waals surface area (Å²) in [6.45, 7) is 3.05. The van der Waals surface area contributed by atoms with Crippen LogP contribution in [0.25, 0.3) is 0 Å². The Balaban J connectivity index is 2.07. The van der Waals surface area contributed by atoms with Gasteiger partial charge in [0, 0.05) is 20.2 Å². The van der Waals surface area contributed by atoms with Gasteiger partial charge >= 0.3 is 0 Å². The first kappa shape index (κ1) is 21.0. The van der Waals surface area contributed by atoms with Crippen LogP contribution in [0.15, 0.2) is 0 Å². The Morgan fingerprint density at radius 2 is 1.68 bits per heavy atom. The van der Waals surface area contributed by atoms with Gasteiger partial charge in [-0.05, 0) is 13.8 Å². The first-order valence-electron chi connectivity index (χ1n) is 7.66. The largest absolute Gasteiger partial charge is 0.353 e. The number of hydrogen-bond acceptors (Lipinski definition) is 9. The minimum atomic E-state index is -3.65. The average molecular weight is 403 g/mol. The minimum absolute atomic E-state index is 0.0353. The van der Waals surface area contributed by atoms with Gasteiger partial charge in [-0.15, -0.1) is 0 Å². The summed E-state index contributed by atoms with van der Waals surface area (Å²) in [6.07, 6.45) is -0.338. The predicted octanol–water partition coefficient (Wildman–Crippen LogP) is -0.884. The second kappa shape index (κ2) is 7.35. The molecule has 148 valence electrons. The van der Waals surface area contributed by atoms with E-state index in [0.717, 1.165) is 16.8 Å². The average Bonchev–Trinajstić information content (AvgIpc) is 2.89. The van der Waals surface area contributed by atoms with Gasteiger partial charge in [0.1, 0.15) is 18.3 Å². The second-order valence-electron chi connectivity index (χ2n) is 6.49. The Morgan fingerprint density at radius 1 is 1.08 bits per heavy atom. The van der Waals surface area contributed by atoms with E-state index in [9.17, 15) is 16.8 Å². The summed E-state index contributed by atoms with van der Waals surface area (Å²) < 4.78 is 74.3. The third-order valence-corrected chi connectivity index (χ3v) is 5.69. The van der Waals surface area contributed by atoms with Crippen LogP contribution in [-0.2, 0) is 43.3 Å². The number of methoxy groups -OCH3 is 1. The Hall–Kier alpha value is -0.340. The van der Waals surface area contributed by atoms with Crippen LogP contribution in [0.4, 0.5) is 0 Å². The van der Waals surface area contributed by atoms with Gasteiger partial charge in [-0.2, -0.15) is 12.7 Å². The maximum atomic E-state index is 12.0. The topological polar surface area (TPSA) is 118 Å². The fourth-order valence-corrected chi connectivity index (χ4v) is 4.06. The van der Waals surface area contributed by atoms with Crippen LogP contribution in [0.3, 0.4) is 0 Å². The smallest absolute Gasteiger partial charge is 0.264 e. The second-order valence-corrected chi connectivity index (χ2v) is 10.1. The van der Waals surface area contributed by atoms with Crippen LogP contribution >= 0.6 is 0 Å². The van der Waals surface area contributed by atoms with Crippen molar-refractivity contribution < 1.29 is 40.0 Å². The van der Waals surface area contributed by atoms with E-state index in [1.807, 2.05) is 0 Å². The van der Waals surface area contributed by atoms with Crippen molar-refractivity contribution >= 4 is 20.1 Å². The molecule has 0 bridgehead atoms. The summed E-state index contributed by atoms with van der Waals surface area (Å²) in [5.41, 5.74) is 0. The van der Waals surface area contributed by atoms with E-state index in [1.165, 1.54) is 7.11 Å². The first-order valence-corrected chi connectivity index (χ1v) is 11.3. The van der Waals surface area contributed by atoms with Crippen molar-refractivity contribution in [1.29, 1.82) is 0 Å². The highest BCUT2D eigenvalue weighted by molar-refractivity contribution is 7.88. The zero-order chi connectivity index (χ0) is 19.0. The van der Waals surface area contributed by atoms with Crippen molar-refractivity contribution in [1.82, 2.24) is 4.31 Å². The molecule has 0 aromatic carbocycles. The van der Waals surface area contributed by atoms with Crippen molar-refractivity contribution in [3.63, 3.8) is 0 Å². The molecule has 0 aromatic rings. The van der Waals surface area contributed by atoms with E-state index in [-0.39, 0.29) is 19.7 Å². The number of hydrogen-bond donors (Lipinski definition) is 0. The Bertz CT molecular complexity index is 676. The predicted molar refractivity (Wildman–Crippen MR) is 86.7 cm³/mol. The molecule has 2 saturated heterocycles. The van der Waals surface area contributed by atoms with E-state index in [0.29, 0.717) is 0 Å². The summed E-state index contributed by atoms with van der Waals surface area (Å²) in [6, 6.07) is 0. The number of ether oxygens (including phenoxy) is 4. The quantitative estimate of drug-likeness (QED) is 0.476. The van der Waals surface area contributed by atoms with E-state index in [2.05, 4.69) is 4.18 Å². The minimum Gasteiger partial charge on any atom is -0.353 e. The first-order chi connectivity index (χ1) is 11.3. The summed E-state index contributed by atoms with van der Waals surface area (Å²) in [5.74, 6) is -0.830. The van der Waals surface area contributed by atoms with Crippen molar-refractivity contribution in [3.05, 3.63) is 0 Å². The zero-order valence-electron chi connectivity index (χ0n) is 14.9. The Morgan fingerprint density at radius 3 is 2.20 bits per heavy atom. The molecule has 2 fully saturated rings. The van der Waals surface area contributed by atoms with Crippen molar-refractivity contribution in [2.75, 3.05) is 39.3 Å². The third-order valence-electron chi connectivity index (χ3n) is 3.83. The maximum absolute atomic E-state index is 12.0. The summed E-state index contributed by atoms with van der Waals surface area (Å²) in [4.78, 5) is 0. The van der Waals surface area contributed by atoms with Crippen LogP contribution in [0.1, 0.15) is 13.8 Å². The fraction of sp³-hybridized carbons (Fsp3) is 1.00. The molecule has 0 aromatic heterocycles. The standard InChI is InChI=1S/C13H25NO9S2/c1-13(2)22-10-9(21-12(19-3)11(10)23-13)8-14(24(4,15)16)6-7-20-25(5,17)18/h9-12H,6-8H2,1-5H3. The molecule has 0 amide bonds. The molecule has 25 heavy (non-hydrogen) atoms. The molecule has 0 N–H and O–H groups in total. The Kier molecular flexibility index (Phi) is 6.16. The maximum Gasteiger partial charge on any atom is 0.264 e. The lowest BCUT2D eigenvalue weighted by molar-refractivity contribution is -0.227. The summed E-state index contributed by atoms with van der Waals surface area (Å²) in [7, 11) is -5.80. The van der Waals surface area contributed by atoms with Crippen LogP contribution in [0.5, 0.6) is 0 Å². The third kappa shape index (κ3) is 5.57. The Labute approximate surface area is 148 Å². The van der Waals surface area contributed by atoms with Gasteiger partial charge in [0.15, 0.2) is 12.1 Å². The monoisotopic (exact) mass is 403 g/mol. The van der Waals surface area contributed by atoms with Crippen LogP contribution < -0.4 is 0 Å². The number of sulfonamides is 1. The lowest BCUT2D eigenvalue weighted by Crippen LogP contribution is -2.43. The van der Waals surface area contributed by atoms with Gasteiger partial charge in [-0.25, -0.2) is 8.42 Å². The number of fused-ring (bicyclic) bond motifs is 1. The molecule has 0 saturated carbocycles. The molecule has 2 rings (SSSR count). The highest BCUT2D eigenvalue weighted by Crippen LogP contribution is 2.39. The van der Waals surface area contributed by atoms with E-state index in [4.69, 9.17) is 18.9 Å². The van der Waals surface area contributed by atoms with E-state index >= 15 is 0 Å². The van der Waals surface area contributed by atoms with Crippen LogP contribution in [0, 0.1) is 0 Å². The molecule has 0 aliphatic carbocycles. The molecule has 12 heteroatoms. The normalized spacial score (nSPS) is 32.2. The number of rotatable bonds is 8. The molecule has 10 nitrogen and oxygen atoms in total. The van der Waals surface area contributed by atoms with Crippen molar-refractivity contribution in [3.8, 4) is 0 Å². The highest BCUT2D eigenvalue weighted by atomic mass is 32.2. The van der Waals surface area contributed by atoms with Gasteiger partial charge in [0.2, 0.25) is 10.0 Å². The van der Waals surface area contributed by atoms with Crippen LogP contribution in [-0.4, -0.2) is 90.8 Å². The molecule has 2 heterocycles. The summed E-state index contributed by atoms with van der Waals surface area (Å²) >= 11 is 0. The molecule has 0 radical (unpaired) electrons. The SMILES string of the molecule is COC1OC(CN(CCOS(C)(=O)=O)S(C)(=O)=O)C2OC(C)(C)OC12. The lowest BCUT2D eigenvalue weighted by atomic mass is 10.1. The molecule has 4 unspecified atom stereocenters. The van der Waals surface area contributed by atoms with Crippen molar-refractivity contribution in [2.24, 2.45) is 0 Å². The fourth-order valence-electron chi connectivity index (χ4n) is 2.86. The lowest BCUT2D eigenvalue weighted by Gasteiger charge is -2.27. The molecule has 4 atom stereocenters. The molecular weight excluding hydrogens is 378 g/mol.